The van der Waals surface area contributed by atoms with Gasteiger partial charge in [-0.05, 0) is 81.5 Å². The van der Waals surface area contributed by atoms with Crippen LogP contribution in [0.3, 0.4) is 0 Å². The van der Waals surface area contributed by atoms with Crippen LogP contribution in [0.25, 0.3) is 0 Å². The molecule has 46 heavy (non-hydrogen) atoms. The molecule has 2 aromatic heterocycles. The van der Waals surface area contributed by atoms with Crippen molar-refractivity contribution in [2.75, 3.05) is 6.54 Å². The highest BCUT2D eigenvalue weighted by atomic mass is 32.1. The van der Waals surface area contributed by atoms with Crippen molar-refractivity contribution in [1.82, 2.24) is 25.5 Å². The van der Waals surface area contributed by atoms with Crippen molar-refractivity contribution in [1.29, 1.82) is 0 Å². The fraction of sp³-hybridized carbons (Fsp3) is 0.353. The van der Waals surface area contributed by atoms with Gasteiger partial charge < -0.3 is 20.6 Å². The molecule has 0 aliphatic carbocycles. The number of phenolic OH excluding ortho intramolecular Hbond substituents is 1. The standard InChI is InChI=1S/C34H36F3N5O3S/c1-20-13-25(33(45)42-12-6-11-30(42)32-41-22(3)19-46-32)17-29(39-20)31(44)40-21(2)14-28(24-8-5-10-27(43)16-24)38-18-23-7-4-9-26(15-23)34(35,36)37/h4-5,7-10,13,15-17,19,21,28,30,38,43H,6,11-12,14,18H2,1-3H3,(H,40,44)/t21-,28?,30+/m0/s1. The molecule has 8 nitrogen and oxygen atoms in total. The Kier molecular flexibility index (Phi) is 10.1. The molecule has 1 aliphatic rings. The van der Waals surface area contributed by atoms with Crippen molar-refractivity contribution in [3.63, 3.8) is 0 Å². The predicted molar refractivity (Wildman–Crippen MR) is 170 cm³/mol. The Labute approximate surface area is 269 Å². The summed E-state index contributed by atoms with van der Waals surface area (Å²) in [5, 5.41) is 19.2. The third-order valence-electron chi connectivity index (χ3n) is 7.91. The van der Waals surface area contributed by atoms with E-state index in [9.17, 15) is 27.9 Å². The van der Waals surface area contributed by atoms with Gasteiger partial charge in [-0.3, -0.25) is 9.59 Å². The minimum atomic E-state index is -4.45. The summed E-state index contributed by atoms with van der Waals surface area (Å²) < 4.78 is 39.8. The lowest BCUT2D eigenvalue weighted by molar-refractivity contribution is -0.137. The average Bonchev–Trinajstić information content (AvgIpc) is 3.67. The van der Waals surface area contributed by atoms with Gasteiger partial charge in [-0.15, -0.1) is 11.3 Å². The molecule has 1 saturated heterocycles. The van der Waals surface area contributed by atoms with Crippen LogP contribution >= 0.6 is 11.3 Å². The van der Waals surface area contributed by atoms with E-state index in [1.165, 1.54) is 18.2 Å². The molecule has 2 amide bonds. The second-order valence-electron chi connectivity index (χ2n) is 11.7. The summed E-state index contributed by atoms with van der Waals surface area (Å²) in [5.41, 5.74) is 2.37. The molecular formula is C34H36F3N5O3S. The number of alkyl halides is 3. The lowest BCUT2D eigenvalue weighted by atomic mass is 9.98. The Morgan fingerprint density at radius 2 is 1.85 bits per heavy atom. The number of likely N-dealkylation sites (tertiary alicyclic amines) is 1. The molecule has 2 aromatic carbocycles. The summed E-state index contributed by atoms with van der Waals surface area (Å²) in [6.07, 6.45) is -2.40. The molecule has 1 unspecified atom stereocenters. The SMILES string of the molecule is Cc1cc(C(=O)N2CCC[C@@H]2c2nc(C)cs2)cc(C(=O)N[C@@H](C)CC(NCc2cccc(C(F)(F)F)c2)c2cccc(O)c2)n1. The van der Waals surface area contributed by atoms with Crippen molar-refractivity contribution in [3.05, 3.63) is 110 Å². The number of rotatable bonds is 10. The number of hydrogen-bond donors (Lipinski definition) is 3. The fourth-order valence-electron chi connectivity index (χ4n) is 5.75. The van der Waals surface area contributed by atoms with E-state index in [1.807, 2.05) is 24.1 Å². The van der Waals surface area contributed by atoms with E-state index in [1.54, 1.807) is 48.6 Å². The lowest BCUT2D eigenvalue weighted by Crippen LogP contribution is -2.37. The molecule has 3 heterocycles. The third kappa shape index (κ3) is 8.10. The number of halogens is 3. The van der Waals surface area contributed by atoms with Crippen molar-refractivity contribution in [2.45, 2.75) is 70.9 Å². The number of pyridine rings is 1. The second-order valence-corrected chi connectivity index (χ2v) is 12.6. The first-order valence-corrected chi connectivity index (χ1v) is 16.0. The summed E-state index contributed by atoms with van der Waals surface area (Å²) in [6, 6.07) is 14.0. The second kappa shape index (κ2) is 14.0. The predicted octanol–water partition coefficient (Wildman–Crippen LogP) is 6.90. The third-order valence-corrected chi connectivity index (χ3v) is 8.98. The highest BCUT2D eigenvalue weighted by Gasteiger charge is 2.33. The summed E-state index contributed by atoms with van der Waals surface area (Å²) in [7, 11) is 0. The molecule has 1 aliphatic heterocycles. The quantitative estimate of drug-likeness (QED) is 0.172. The Bertz CT molecular complexity index is 1710. The molecule has 3 N–H and O–H groups in total. The number of thiazole rings is 1. The van der Waals surface area contributed by atoms with E-state index in [4.69, 9.17) is 0 Å². The number of carbonyl (C=O) groups excluding carboxylic acids is 2. The minimum Gasteiger partial charge on any atom is -0.508 e. The van der Waals surface area contributed by atoms with Crippen LogP contribution in [0, 0.1) is 13.8 Å². The van der Waals surface area contributed by atoms with Gasteiger partial charge >= 0.3 is 6.18 Å². The van der Waals surface area contributed by atoms with Crippen molar-refractivity contribution in [3.8, 4) is 5.75 Å². The number of aromatic hydroxyl groups is 1. The molecular weight excluding hydrogens is 615 g/mol. The number of aryl methyl sites for hydroxylation is 2. The molecule has 0 saturated carbocycles. The maximum atomic E-state index is 13.6. The van der Waals surface area contributed by atoms with E-state index < -0.39 is 29.7 Å². The van der Waals surface area contributed by atoms with Gasteiger partial charge in [0.2, 0.25) is 0 Å². The number of nitrogens with zero attached hydrogens (tertiary/aromatic N) is 3. The Balaban J connectivity index is 1.29. The first-order valence-electron chi connectivity index (χ1n) is 15.1. The van der Waals surface area contributed by atoms with Gasteiger partial charge in [0.25, 0.3) is 11.8 Å². The number of aromatic nitrogens is 2. The van der Waals surface area contributed by atoms with Gasteiger partial charge in [-0.25, -0.2) is 9.97 Å². The zero-order valence-electron chi connectivity index (χ0n) is 25.8. The van der Waals surface area contributed by atoms with Gasteiger partial charge in [0.1, 0.15) is 16.5 Å². The van der Waals surface area contributed by atoms with Crippen LogP contribution in [0.4, 0.5) is 13.2 Å². The highest BCUT2D eigenvalue weighted by molar-refractivity contribution is 7.09. The van der Waals surface area contributed by atoms with Crippen molar-refractivity contribution < 1.29 is 27.9 Å². The van der Waals surface area contributed by atoms with Crippen LogP contribution < -0.4 is 10.6 Å². The molecule has 1 fully saturated rings. The number of phenols is 1. The van der Waals surface area contributed by atoms with Gasteiger partial charge in [0, 0.05) is 47.5 Å². The molecule has 242 valence electrons. The zero-order chi connectivity index (χ0) is 33.0. The Morgan fingerprint density at radius 3 is 2.57 bits per heavy atom. The number of benzene rings is 2. The van der Waals surface area contributed by atoms with Crippen LogP contribution in [0.1, 0.15) is 92.2 Å². The van der Waals surface area contributed by atoms with Crippen molar-refractivity contribution in [2.24, 2.45) is 0 Å². The van der Waals surface area contributed by atoms with Crippen LogP contribution in [-0.4, -0.2) is 44.4 Å². The summed E-state index contributed by atoms with van der Waals surface area (Å²) in [5.74, 6) is -0.580. The maximum Gasteiger partial charge on any atom is 0.416 e. The maximum absolute atomic E-state index is 13.6. The molecule has 12 heteroatoms. The molecule has 3 atom stereocenters. The van der Waals surface area contributed by atoms with Crippen LogP contribution in [0.15, 0.2) is 66.0 Å². The number of amides is 2. The van der Waals surface area contributed by atoms with E-state index in [-0.39, 0.29) is 29.9 Å². The Hall–Kier alpha value is -4.29. The van der Waals surface area contributed by atoms with E-state index in [0.29, 0.717) is 35.3 Å². The number of nitrogens with one attached hydrogen (secondary N) is 2. The molecule has 0 bridgehead atoms. The van der Waals surface area contributed by atoms with Crippen LogP contribution in [0.5, 0.6) is 5.75 Å². The largest absolute Gasteiger partial charge is 0.508 e. The topological polar surface area (TPSA) is 107 Å². The normalized spacial score (nSPS) is 16.3. The first-order chi connectivity index (χ1) is 21.9. The minimum absolute atomic E-state index is 0.0476. The molecule has 4 aromatic rings. The van der Waals surface area contributed by atoms with Crippen LogP contribution in [0.2, 0.25) is 0 Å². The van der Waals surface area contributed by atoms with E-state index >= 15 is 0 Å². The summed E-state index contributed by atoms with van der Waals surface area (Å²) >= 11 is 1.54. The monoisotopic (exact) mass is 651 g/mol. The van der Waals surface area contributed by atoms with E-state index in [2.05, 4.69) is 20.6 Å². The number of hydrogen-bond acceptors (Lipinski definition) is 7. The first kappa shape index (κ1) is 33.1. The van der Waals surface area contributed by atoms with E-state index in [0.717, 1.165) is 35.7 Å². The Morgan fingerprint density at radius 1 is 1.07 bits per heavy atom. The fourth-order valence-corrected chi connectivity index (χ4v) is 6.70. The van der Waals surface area contributed by atoms with Crippen LogP contribution in [-0.2, 0) is 12.7 Å². The molecule has 5 rings (SSSR count). The summed E-state index contributed by atoms with van der Waals surface area (Å²) in [6.45, 7) is 6.21. The average molecular weight is 652 g/mol. The number of carbonyl (C=O) groups is 2. The van der Waals surface area contributed by atoms with Crippen molar-refractivity contribution >= 4 is 23.2 Å². The lowest BCUT2D eigenvalue weighted by Gasteiger charge is -2.25. The zero-order valence-corrected chi connectivity index (χ0v) is 26.6. The highest BCUT2D eigenvalue weighted by Crippen LogP contribution is 2.35. The molecule has 0 spiro atoms. The smallest absolute Gasteiger partial charge is 0.416 e. The summed E-state index contributed by atoms with van der Waals surface area (Å²) in [4.78, 5) is 37.8. The molecule has 0 radical (unpaired) electrons. The van der Waals surface area contributed by atoms with Gasteiger partial charge in [-0.2, -0.15) is 13.2 Å². The van der Waals surface area contributed by atoms with Gasteiger partial charge in [-0.1, -0.05) is 30.3 Å². The van der Waals surface area contributed by atoms with Gasteiger partial charge in [0.05, 0.1) is 11.6 Å². The van der Waals surface area contributed by atoms with Gasteiger partial charge in [0.15, 0.2) is 0 Å².